The molecule has 2 heteroatoms. The first kappa shape index (κ1) is 9.46. The summed E-state index contributed by atoms with van der Waals surface area (Å²) in [6.45, 7) is 7.58. The molecule has 1 aliphatic rings. The molecule has 0 radical (unpaired) electrons. The van der Waals surface area contributed by atoms with Gasteiger partial charge >= 0.3 is 0 Å². The topological polar surface area (TPSA) is 20.3 Å². The molecule has 1 fully saturated rings. The van der Waals surface area contributed by atoms with E-state index in [1.54, 1.807) is 6.92 Å². The highest BCUT2D eigenvalue weighted by atomic mass is 16.1. The molecule has 0 amide bonds. The van der Waals surface area contributed by atoms with Crippen LogP contribution < -0.4 is 0 Å². The van der Waals surface area contributed by atoms with E-state index < -0.39 is 0 Å². The largest absolute Gasteiger partial charge is 0.306 e. The summed E-state index contributed by atoms with van der Waals surface area (Å²) >= 11 is 0. The Bertz CT molecular complexity index is 190. The molecule has 2 nitrogen and oxygen atoms in total. The molecule has 0 spiro atoms. The van der Waals surface area contributed by atoms with E-state index in [9.17, 15) is 4.79 Å². The van der Waals surface area contributed by atoms with E-state index >= 15 is 0 Å². The van der Waals surface area contributed by atoms with E-state index in [4.69, 9.17) is 0 Å². The van der Waals surface area contributed by atoms with Crippen LogP contribution in [0.3, 0.4) is 0 Å². The van der Waals surface area contributed by atoms with Gasteiger partial charge in [0.15, 0.2) is 5.78 Å². The Morgan fingerprint density at radius 2 is 1.92 bits per heavy atom. The van der Waals surface area contributed by atoms with Crippen LogP contribution in [0.2, 0.25) is 0 Å². The first-order valence-electron chi connectivity index (χ1n) is 4.49. The molecule has 1 saturated heterocycles. The second kappa shape index (κ2) is 3.85. The molecule has 0 aromatic heterocycles. The Hall–Kier alpha value is -0.630. The molecule has 0 bridgehead atoms. The van der Waals surface area contributed by atoms with Gasteiger partial charge in [-0.25, -0.2) is 0 Å². The molecule has 68 valence electrons. The summed E-state index contributed by atoms with van der Waals surface area (Å²) in [6, 6.07) is 0. The Morgan fingerprint density at radius 1 is 1.42 bits per heavy atom. The van der Waals surface area contributed by atoms with Gasteiger partial charge in [0.1, 0.15) is 0 Å². The van der Waals surface area contributed by atoms with Crippen molar-refractivity contribution in [3.8, 4) is 0 Å². The summed E-state index contributed by atoms with van der Waals surface area (Å²) in [5, 5.41) is 0. The number of likely N-dealkylation sites (tertiary alicyclic amines) is 1. The quantitative estimate of drug-likeness (QED) is 0.580. The van der Waals surface area contributed by atoms with E-state index in [0.717, 1.165) is 25.9 Å². The fraction of sp³-hybridized carbons (Fsp3) is 0.700. The minimum Gasteiger partial charge on any atom is -0.306 e. The molecule has 1 heterocycles. The van der Waals surface area contributed by atoms with Gasteiger partial charge in [0.05, 0.1) is 0 Å². The van der Waals surface area contributed by atoms with Gasteiger partial charge in [0.25, 0.3) is 0 Å². The first-order chi connectivity index (χ1) is 5.61. The van der Waals surface area contributed by atoms with E-state index in [-0.39, 0.29) is 11.7 Å². The Kier molecular flexibility index (Phi) is 3.04. The predicted molar refractivity (Wildman–Crippen MR) is 50.0 cm³/mol. The number of allylic oxidation sites excluding steroid dienone is 1. The molecule has 0 saturated carbocycles. The summed E-state index contributed by atoms with van der Waals surface area (Å²) in [5.41, 5.74) is 0.713. The maximum Gasteiger partial charge on any atom is 0.161 e. The molecule has 0 unspecified atom stereocenters. The van der Waals surface area contributed by atoms with Gasteiger partial charge in [0, 0.05) is 5.92 Å². The summed E-state index contributed by atoms with van der Waals surface area (Å²) in [5.74, 6) is 0.516. The van der Waals surface area contributed by atoms with Gasteiger partial charge < -0.3 is 4.90 Å². The third-order valence-corrected chi connectivity index (χ3v) is 2.51. The van der Waals surface area contributed by atoms with Crippen molar-refractivity contribution in [3.63, 3.8) is 0 Å². The van der Waals surface area contributed by atoms with E-state index in [1.807, 2.05) is 0 Å². The Labute approximate surface area is 74.2 Å². The van der Waals surface area contributed by atoms with Gasteiger partial charge in [-0.15, -0.1) is 0 Å². The van der Waals surface area contributed by atoms with Crippen molar-refractivity contribution in [2.75, 3.05) is 20.1 Å². The van der Waals surface area contributed by atoms with Gasteiger partial charge in [-0.1, -0.05) is 6.58 Å². The smallest absolute Gasteiger partial charge is 0.161 e. The number of carbonyl (C=O) groups is 1. The van der Waals surface area contributed by atoms with Crippen molar-refractivity contribution in [1.29, 1.82) is 0 Å². The second-order valence-corrected chi connectivity index (χ2v) is 3.72. The van der Waals surface area contributed by atoms with Gasteiger partial charge in [-0.3, -0.25) is 4.79 Å². The van der Waals surface area contributed by atoms with Crippen molar-refractivity contribution in [1.82, 2.24) is 4.90 Å². The maximum absolute atomic E-state index is 11.5. The predicted octanol–water partition coefficient (Wildman–Crippen LogP) is 1.47. The van der Waals surface area contributed by atoms with Crippen LogP contribution in [0.25, 0.3) is 0 Å². The fourth-order valence-electron chi connectivity index (χ4n) is 1.62. The first-order valence-corrected chi connectivity index (χ1v) is 4.49. The molecular formula is C10H17NO. The highest BCUT2D eigenvalue weighted by Crippen LogP contribution is 2.19. The highest BCUT2D eigenvalue weighted by Gasteiger charge is 2.22. The molecule has 1 rings (SSSR count). The van der Waals surface area contributed by atoms with E-state index in [2.05, 4.69) is 18.5 Å². The molecule has 0 aliphatic carbocycles. The third-order valence-electron chi connectivity index (χ3n) is 2.51. The molecule has 12 heavy (non-hydrogen) atoms. The lowest BCUT2D eigenvalue weighted by Crippen LogP contribution is -2.33. The standard InChI is InChI=1S/C10H17NO/c1-8(2)10(12)9-4-6-11(3)7-5-9/h9H,1,4-7H2,2-3H3. The number of ketones is 1. The Morgan fingerprint density at radius 3 is 2.33 bits per heavy atom. The summed E-state index contributed by atoms with van der Waals surface area (Å²) in [6.07, 6.45) is 2.00. The third kappa shape index (κ3) is 2.18. The van der Waals surface area contributed by atoms with Crippen LogP contribution in [0, 0.1) is 5.92 Å². The van der Waals surface area contributed by atoms with Gasteiger partial charge in [0.2, 0.25) is 0 Å². The summed E-state index contributed by atoms with van der Waals surface area (Å²) in [4.78, 5) is 13.8. The van der Waals surface area contributed by atoms with Crippen LogP contribution in [-0.2, 0) is 4.79 Å². The SMILES string of the molecule is C=C(C)C(=O)C1CCN(C)CC1. The van der Waals surface area contributed by atoms with Crippen molar-refractivity contribution in [2.45, 2.75) is 19.8 Å². The fourth-order valence-corrected chi connectivity index (χ4v) is 1.62. The summed E-state index contributed by atoms with van der Waals surface area (Å²) in [7, 11) is 2.10. The lowest BCUT2D eigenvalue weighted by Gasteiger charge is -2.27. The van der Waals surface area contributed by atoms with Crippen molar-refractivity contribution in [3.05, 3.63) is 12.2 Å². The zero-order chi connectivity index (χ0) is 9.14. The number of hydrogen-bond acceptors (Lipinski definition) is 2. The maximum atomic E-state index is 11.5. The van der Waals surface area contributed by atoms with Crippen molar-refractivity contribution < 1.29 is 4.79 Å². The molecule has 0 aromatic rings. The van der Waals surface area contributed by atoms with Gasteiger partial charge in [-0.2, -0.15) is 0 Å². The lowest BCUT2D eigenvalue weighted by atomic mass is 9.90. The van der Waals surface area contributed by atoms with Crippen molar-refractivity contribution >= 4 is 5.78 Å². The highest BCUT2D eigenvalue weighted by molar-refractivity contribution is 5.96. The van der Waals surface area contributed by atoms with E-state index in [0.29, 0.717) is 5.57 Å². The molecule has 0 aromatic carbocycles. The minimum atomic E-state index is 0.249. The number of hydrogen-bond donors (Lipinski definition) is 0. The molecular weight excluding hydrogens is 150 g/mol. The molecule has 1 aliphatic heterocycles. The van der Waals surface area contributed by atoms with Crippen LogP contribution in [0.15, 0.2) is 12.2 Å². The minimum absolute atomic E-state index is 0.249. The zero-order valence-corrected chi connectivity index (χ0v) is 7.97. The number of piperidine rings is 1. The molecule has 0 N–H and O–H groups in total. The van der Waals surface area contributed by atoms with Gasteiger partial charge in [-0.05, 0) is 45.5 Å². The summed E-state index contributed by atoms with van der Waals surface area (Å²) < 4.78 is 0. The monoisotopic (exact) mass is 167 g/mol. The number of carbonyl (C=O) groups excluding carboxylic acids is 1. The van der Waals surface area contributed by atoms with Crippen LogP contribution in [0.1, 0.15) is 19.8 Å². The van der Waals surface area contributed by atoms with Crippen LogP contribution in [0.5, 0.6) is 0 Å². The Balaban J connectivity index is 2.44. The number of Topliss-reactive ketones (excluding diaryl/α,β-unsaturated/α-hetero) is 1. The van der Waals surface area contributed by atoms with Crippen LogP contribution in [-0.4, -0.2) is 30.8 Å². The normalized spacial score (nSPS) is 20.8. The number of rotatable bonds is 2. The number of nitrogens with zero attached hydrogens (tertiary/aromatic N) is 1. The van der Waals surface area contributed by atoms with E-state index in [1.165, 1.54) is 0 Å². The van der Waals surface area contributed by atoms with Crippen LogP contribution >= 0.6 is 0 Å². The lowest BCUT2D eigenvalue weighted by molar-refractivity contribution is -0.120. The average molecular weight is 167 g/mol. The van der Waals surface area contributed by atoms with Crippen molar-refractivity contribution in [2.24, 2.45) is 5.92 Å². The zero-order valence-electron chi connectivity index (χ0n) is 7.97. The average Bonchev–Trinajstić information content (AvgIpc) is 2.04. The van der Waals surface area contributed by atoms with Crippen LogP contribution in [0.4, 0.5) is 0 Å². The molecule has 0 atom stereocenters. The second-order valence-electron chi connectivity index (χ2n) is 3.72.